The van der Waals surface area contributed by atoms with Crippen LogP contribution in [0.4, 0.5) is 0 Å². The molecule has 0 atom stereocenters. The molecule has 2 heterocycles. The van der Waals surface area contributed by atoms with E-state index in [0.717, 1.165) is 48.6 Å². The zero-order valence-corrected chi connectivity index (χ0v) is 14.0. The fourth-order valence-corrected chi connectivity index (χ4v) is 3.71. The first-order valence-electron chi connectivity index (χ1n) is 7.77. The molecule has 0 spiro atoms. The molecule has 0 aliphatic carbocycles. The highest BCUT2D eigenvalue weighted by Crippen LogP contribution is 2.30. The van der Waals surface area contributed by atoms with Crippen molar-refractivity contribution in [1.82, 2.24) is 9.80 Å². The van der Waals surface area contributed by atoms with Gasteiger partial charge in [0, 0.05) is 25.2 Å². The van der Waals surface area contributed by atoms with Crippen LogP contribution in [0, 0.1) is 6.92 Å². The van der Waals surface area contributed by atoms with Crippen LogP contribution in [0.5, 0.6) is 0 Å². The maximum atomic E-state index is 12.9. The summed E-state index contributed by atoms with van der Waals surface area (Å²) in [7, 11) is 2.12. The largest absolute Gasteiger partial charge is 0.337 e. The van der Waals surface area contributed by atoms with E-state index < -0.39 is 0 Å². The molecule has 0 radical (unpaired) electrons. The molecular weight excluding hydrogens is 292 g/mol. The van der Waals surface area contributed by atoms with Gasteiger partial charge in [0.1, 0.15) is 0 Å². The third-order valence-corrected chi connectivity index (χ3v) is 5.13. The minimum Gasteiger partial charge on any atom is -0.337 e. The quantitative estimate of drug-likeness (QED) is 0.847. The van der Waals surface area contributed by atoms with Crippen LogP contribution in [0.2, 0.25) is 0 Å². The molecule has 1 aliphatic heterocycles. The Morgan fingerprint density at radius 2 is 1.82 bits per heavy atom. The van der Waals surface area contributed by atoms with Crippen molar-refractivity contribution >= 4 is 17.2 Å². The molecule has 1 aromatic carbocycles. The summed E-state index contributed by atoms with van der Waals surface area (Å²) >= 11 is 1.55. The number of carbonyl (C=O) groups excluding carboxylic acids is 1. The molecule has 2 aromatic rings. The summed E-state index contributed by atoms with van der Waals surface area (Å²) in [5.41, 5.74) is 3.43. The molecular formula is C18H22N2OS. The lowest BCUT2D eigenvalue weighted by Crippen LogP contribution is -2.34. The van der Waals surface area contributed by atoms with Gasteiger partial charge in [0.15, 0.2) is 0 Å². The first kappa shape index (κ1) is 15.3. The molecule has 0 saturated carbocycles. The Labute approximate surface area is 136 Å². The van der Waals surface area contributed by atoms with Crippen molar-refractivity contribution < 1.29 is 4.79 Å². The van der Waals surface area contributed by atoms with Gasteiger partial charge in [-0.1, -0.05) is 29.8 Å². The van der Waals surface area contributed by atoms with Crippen molar-refractivity contribution in [2.24, 2.45) is 0 Å². The minimum absolute atomic E-state index is 0.181. The summed E-state index contributed by atoms with van der Waals surface area (Å²) in [4.78, 5) is 18.1. The first-order valence-corrected chi connectivity index (χ1v) is 8.65. The Bertz CT molecular complexity index is 647. The Balaban J connectivity index is 1.84. The summed E-state index contributed by atoms with van der Waals surface area (Å²) in [6, 6.07) is 10.5. The number of hydrogen-bond donors (Lipinski definition) is 0. The van der Waals surface area contributed by atoms with E-state index in [4.69, 9.17) is 0 Å². The molecule has 0 N–H and O–H groups in total. The number of likely N-dealkylation sites (N-methyl/N-ethyl adjacent to an activating group) is 1. The predicted octanol–water partition coefficient (Wildman–Crippen LogP) is 3.50. The smallest absolute Gasteiger partial charge is 0.264 e. The summed E-state index contributed by atoms with van der Waals surface area (Å²) in [5.74, 6) is 0.181. The molecule has 4 heteroatoms. The molecule has 1 saturated heterocycles. The lowest BCUT2D eigenvalue weighted by Gasteiger charge is -2.20. The second-order valence-corrected chi connectivity index (χ2v) is 6.89. The molecule has 3 rings (SSSR count). The molecule has 1 aromatic heterocycles. The number of benzene rings is 1. The zero-order chi connectivity index (χ0) is 15.5. The highest BCUT2D eigenvalue weighted by Gasteiger charge is 2.22. The Morgan fingerprint density at radius 3 is 2.59 bits per heavy atom. The average Bonchev–Trinajstić information content (AvgIpc) is 2.90. The summed E-state index contributed by atoms with van der Waals surface area (Å²) in [5, 5.41) is 2.02. The predicted molar refractivity (Wildman–Crippen MR) is 92.5 cm³/mol. The Kier molecular flexibility index (Phi) is 4.60. The fourth-order valence-electron chi connectivity index (χ4n) is 2.83. The van der Waals surface area contributed by atoms with Crippen molar-refractivity contribution in [1.29, 1.82) is 0 Å². The second-order valence-electron chi connectivity index (χ2n) is 5.98. The molecule has 116 valence electrons. The number of aryl methyl sites for hydroxylation is 1. The third kappa shape index (κ3) is 3.23. The van der Waals surface area contributed by atoms with Crippen LogP contribution in [-0.4, -0.2) is 48.9 Å². The molecule has 1 amide bonds. The van der Waals surface area contributed by atoms with Gasteiger partial charge in [0.2, 0.25) is 0 Å². The fraction of sp³-hybridized carbons (Fsp3) is 0.389. The van der Waals surface area contributed by atoms with E-state index in [9.17, 15) is 4.79 Å². The molecule has 1 aliphatic rings. The number of thiophene rings is 1. The number of rotatable bonds is 2. The minimum atomic E-state index is 0.181. The van der Waals surface area contributed by atoms with Crippen LogP contribution in [-0.2, 0) is 0 Å². The SMILES string of the molecule is Cc1ccc(-c2ccsc2C(=O)N2CCCN(C)CC2)cc1. The van der Waals surface area contributed by atoms with Gasteiger partial charge in [-0.05, 0) is 43.9 Å². The van der Waals surface area contributed by atoms with E-state index in [1.165, 1.54) is 5.56 Å². The topological polar surface area (TPSA) is 23.6 Å². The van der Waals surface area contributed by atoms with E-state index in [2.05, 4.69) is 49.2 Å². The number of nitrogens with zero attached hydrogens (tertiary/aromatic N) is 2. The van der Waals surface area contributed by atoms with Crippen molar-refractivity contribution in [3.8, 4) is 11.1 Å². The normalized spacial score (nSPS) is 16.5. The van der Waals surface area contributed by atoms with Crippen LogP contribution >= 0.6 is 11.3 Å². The molecule has 3 nitrogen and oxygen atoms in total. The Hall–Kier alpha value is -1.65. The number of amides is 1. The third-order valence-electron chi connectivity index (χ3n) is 4.23. The van der Waals surface area contributed by atoms with Gasteiger partial charge in [0.25, 0.3) is 5.91 Å². The molecule has 0 unspecified atom stereocenters. The number of carbonyl (C=O) groups is 1. The van der Waals surface area contributed by atoms with Crippen molar-refractivity contribution in [3.63, 3.8) is 0 Å². The molecule has 1 fully saturated rings. The maximum Gasteiger partial charge on any atom is 0.264 e. The Morgan fingerprint density at radius 1 is 1.05 bits per heavy atom. The van der Waals surface area contributed by atoms with Gasteiger partial charge >= 0.3 is 0 Å². The van der Waals surface area contributed by atoms with Crippen LogP contribution in [0.3, 0.4) is 0 Å². The van der Waals surface area contributed by atoms with Gasteiger partial charge in [0.05, 0.1) is 4.88 Å². The monoisotopic (exact) mass is 314 g/mol. The average molecular weight is 314 g/mol. The number of hydrogen-bond acceptors (Lipinski definition) is 3. The van der Waals surface area contributed by atoms with Gasteiger partial charge in [-0.15, -0.1) is 11.3 Å². The maximum absolute atomic E-state index is 12.9. The van der Waals surface area contributed by atoms with Gasteiger partial charge in [-0.2, -0.15) is 0 Å². The van der Waals surface area contributed by atoms with Gasteiger partial charge in [-0.25, -0.2) is 0 Å². The van der Waals surface area contributed by atoms with E-state index in [1.807, 2.05) is 10.3 Å². The lowest BCUT2D eigenvalue weighted by atomic mass is 10.0. The highest BCUT2D eigenvalue weighted by molar-refractivity contribution is 7.12. The summed E-state index contributed by atoms with van der Waals surface area (Å²) < 4.78 is 0. The molecule has 0 bridgehead atoms. The highest BCUT2D eigenvalue weighted by atomic mass is 32.1. The van der Waals surface area contributed by atoms with Crippen molar-refractivity contribution in [2.75, 3.05) is 33.2 Å². The zero-order valence-electron chi connectivity index (χ0n) is 13.2. The van der Waals surface area contributed by atoms with Crippen LogP contribution < -0.4 is 0 Å². The standard InChI is InChI=1S/C18H22N2OS/c1-14-4-6-15(7-5-14)16-8-13-22-17(16)18(21)20-10-3-9-19(2)11-12-20/h4-8,13H,3,9-12H2,1-2H3. The van der Waals surface area contributed by atoms with Crippen LogP contribution in [0.25, 0.3) is 11.1 Å². The van der Waals surface area contributed by atoms with Crippen LogP contribution in [0.1, 0.15) is 21.7 Å². The summed E-state index contributed by atoms with van der Waals surface area (Å²) in [6.45, 7) is 5.78. The first-order chi connectivity index (χ1) is 10.6. The summed E-state index contributed by atoms with van der Waals surface area (Å²) in [6.07, 6.45) is 1.05. The van der Waals surface area contributed by atoms with E-state index in [1.54, 1.807) is 11.3 Å². The second kappa shape index (κ2) is 6.63. The lowest BCUT2D eigenvalue weighted by molar-refractivity contribution is 0.0768. The van der Waals surface area contributed by atoms with Crippen molar-refractivity contribution in [2.45, 2.75) is 13.3 Å². The van der Waals surface area contributed by atoms with Crippen molar-refractivity contribution in [3.05, 3.63) is 46.2 Å². The van der Waals surface area contributed by atoms with E-state index >= 15 is 0 Å². The molecule has 22 heavy (non-hydrogen) atoms. The van der Waals surface area contributed by atoms with E-state index in [0.29, 0.717) is 0 Å². The van der Waals surface area contributed by atoms with E-state index in [-0.39, 0.29) is 5.91 Å². The van der Waals surface area contributed by atoms with Crippen LogP contribution in [0.15, 0.2) is 35.7 Å². The van der Waals surface area contributed by atoms with Gasteiger partial charge < -0.3 is 9.80 Å². The van der Waals surface area contributed by atoms with Gasteiger partial charge in [-0.3, -0.25) is 4.79 Å².